The Morgan fingerprint density at radius 1 is 1.16 bits per heavy atom. The zero-order valence-electron chi connectivity index (χ0n) is 11.2. The Morgan fingerprint density at radius 2 is 1.89 bits per heavy atom. The molecule has 1 unspecified atom stereocenters. The van der Waals surface area contributed by atoms with Gasteiger partial charge >= 0.3 is 0 Å². The van der Waals surface area contributed by atoms with Crippen molar-refractivity contribution in [2.75, 3.05) is 7.11 Å². The fraction of sp³-hybridized carbons (Fsp3) is 0.250. The van der Waals surface area contributed by atoms with E-state index in [1.165, 1.54) is 24.3 Å². The van der Waals surface area contributed by atoms with Gasteiger partial charge in [0, 0.05) is 0 Å². The summed E-state index contributed by atoms with van der Waals surface area (Å²) in [6.07, 6.45) is 0. The van der Waals surface area contributed by atoms with Crippen LogP contribution in [0.4, 0.5) is 4.39 Å². The van der Waals surface area contributed by atoms with Crippen LogP contribution in [-0.4, -0.2) is 7.11 Å². The topological polar surface area (TPSA) is 9.23 Å². The number of halogens is 2. The number of aryl methyl sites for hydroxylation is 1. The van der Waals surface area contributed by atoms with E-state index in [4.69, 9.17) is 4.74 Å². The molecule has 19 heavy (non-hydrogen) atoms. The Morgan fingerprint density at radius 3 is 2.53 bits per heavy atom. The van der Waals surface area contributed by atoms with E-state index in [1.807, 2.05) is 12.1 Å². The van der Waals surface area contributed by atoms with E-state index in [2.05, 4.69) is 41.9 Å². The van der Waals surface area contributed by atoms with Crippen molar-refractivity contribution in [3.05, 3.63) is 64.5 Å². The Kier molecular flexibility index (Phi) is 4.25. The molecule has 1 atom stereocenters. The van der Waals surface area contributed by atoms with Gasteiger partial charge in [0.1, 0.15) is 0 Å². The molecule has 0 radical (unpaired) electrons. The van der Waals surface area contributed by atoms with E-state index < -0.39 is 0 Å². The van der Waals surface area contributed by atoms with E-state index in [-0.39, 0.29) is 16.4 Å². The van der Waals surface area contributed by atoms with E-state index in [0.29, 0.717) is 0 Å². The molecule has 0 spiro atoms. The molecule has 3 heteroatoms. The maximum Gasteiger partial charge on any atom is 0.165 e. The van der Waals surface area contributed by atoms with Gasteiger partial charge in [0.05, 0.1) is 11.9 Å². The minimum absolute atomic E-state index is 0.0205. The molecular weight excluding hydrogens is 307 g/mol. The van der Waals surface area contributed by atoms with Crippen LogP contribution < -0.4 is 4.74 Å². The van der Waals surface area contributed by atoms with Gasteiger partial charge in [-0.25, -0.2) is 4.39 Å². The lowest BCUT2D eigenvalue weighted by Crippen LogP contribution is -1.99. The van der Waals surface area contributed by atoms with Crippen molar-refractivity contribution in [2.24, 2.45) is 0 Å². The highest BCUT2D eigenvalue weighted by Gasteiger charge is 2.15. The van der Waals surface area contributed by atoms with E-state index >= 15 is 0 Å². The van der Waals surface area contributed by atoms with Gasteiger partial charge in [-0.1, -0.05) is 40.2 Å². The summed E-state index contributed by atoms with van der Waals surface area (Å²) in [5, 5.41) is 0. The Bertz CT molecular complexity index is 595. The van der Waals surface area contributed by atoms with Gasteiger partial charge < -0.3 is 4.74 Å². The van der Waals surface area contributed by atoms with E-state index in [1.54, 1.807) is 6.07 Å². The predicted molar refractivity (Wildman–Crippen MR) is 79.6 cm³/mol. The summed E-state index contributed by atoms with van der Waals surface area (Å²) >= 11 is 3.65. The highest BCUT2D eigenvalue weighted by atomic mass is 79.9. The maximum absolute atomic E-state index is 13.8. The van der Waals surface area contributed by atoms with Crippen LogP contribution in [0.3, 0.4) is 0 Å². The Hall–Kier alpha value is -1.35. The Balaban J connectivity index is 2.41. The van der Waals surface area contributed by atoms with Gasteiger partial charge in [-0.15, -0.1) is 0 Å². The lowest BCUT2D eigenvalue weighted by Gasteiger charge is -2.16. The Labute approximate surface area is 121 Å². The third-order valence-electron chi connectivity index (χ3n) is 3.39. The normalized spacial score (nSPS) is 12.3. The number of methoxy groups -OCH3 is 1. The van der Waals surface area contributed by atoms with Crippen LogP contribution in [0.25, 0.3) is 0 Å². The lowest BCUT2D eigenvalue weighted by molar-refractivity contribution is 0.386. The second-order valence-electron chi connectivity index (χ2n) is 4.55. The zero-order valence-corrected chi connectivity index (χ0v) is 12.8. The third-order valence-corrected chi connectivity index (χ3v) is 4.41. The number of rotatable bonds is 3. The van der Waals surface area contributed by atoms with Crippen LogP contribution in [-0.2, 0) is 0 Å². The molecule has 2 aromatic carbocycles. The molecule has 2 aromatic rings. The molecule has 1 nitrogen and oxygen atoms in total. The van der Waals surface area contributed by atoms with Gasteiger partial charge in [0.25, 0.3) is 0 Å². The SMILES string of the molecule is COc1ccc(C(Br)c2cccc(C)c2C)cc1F. The van der Waals surface area contributed by atoms with Crippen molar-refractivity contribution in [3.63, 3.8) is 0 Å². The van der Waals surface area contributed by atoms with Crippen LogP contribution in [0.5, 0.6) is 5.75 Å². The fourth-order valence-electron chi connectivity index (χ4n) is 2.07. The molecule has 0 N–H and O–H groups in total. The second kappa shape index (κ2) is 5.74. The zero-order chi connectivity index (χ0) is 14.0. The minimum Gasteiger partial charge on any atom is -0.494 e. The van der Waals surface area contributed by atoms with Crippen LogP contribution in [0.1, 0.15) is 27.1 Å². The van der Waals surface area contributed by atoms with Crippen LogP contribution in [0.15, 0.2) is 36.4 Å². The molecule has 0 aliphatic carbocycles. The first-order valence-corrected chi connectivity index (χ1v) is 6.99. The summed E-state index contributed by atoms with van der Waals surface area (Å²) in [6, 6.07) is 11.2. The first-order valence-electron chi connectivity index (χ1n) is 6.08. The van der Waals surface area contributed by atoms with Gasteiger partial charge in [-0.05, 0) is 48.2 Å². The molecule has 0 saturated heterocycles. The van der Waals surface area contributed by atoms with Crippen molar-refractivity contribution >= 4 is 15.9 Å². The average molecular weight is 323 g/mol. The second-order valence-corrected chi connectivity index (χ2v) is 5.46. The molecule has 0 aliphatic heterocycles. The van der Waals surface area contributed by atoms with Crippen molar-refractivity contribution in [1.82, 2.24) is 0 Å². The largest absolute Gasteiger partial charge is 0.494 e. The first-order chi connectivity index (χ1) is 9.04. The van der Waals surface area contributed by atoms with Crippen molar-refractivity contribution in [1.29, 1.82) is 0 Å². The molecule has 0 aliphatic rings. The number of benzene rings is 2. The molecular formula is C16H16BrFO. The standard InChI is InChI=1S/C16H16BrFO/c1-10-5-4-6-13(11(10)2)16(17)12-7-8-15(19-3)14(18)9-12/h4-9,16H,1-3H3. The summed E-state index contributed by atoms with van der Waals surface area (Å²) in [6.45, 7) is 4.16. The summed E-state index contributed by atoms with van der Waals surface area (Å²) in [5.41, 5.74) is 4.49. The van der Waals surface area contributed by atoms with Crippen LogP contribution >= 0.6 is 15.9 Å². The minimum atomic E-state index is -0.338. The van der Waals surface area contributed by atoms with Crippen LogP contribution in [0, 0.1) is 19.7 Å². The predicted octanol–water partition coefficient (Wildman–Crippen LogP) is 4.94. The van der Waals surface area contributed by atoms with Gasteiger partial charge in [-0.3, -0.25) is 0 Å². The highest BCUT2D eigenvalue weighted by molar-refractivity contribution is 9.09. The monoisotopic (exact) mass is 322 g/mol. The number of ether oxygens (including phenoxy) is 1. The molecule has 0 amide bonds. The number of hydrogen-bond acceptors (Lipinski definition) is 1. The number of alkyl halides is 1. The third kappa shape index (κ3) is 2.81. The van der Waals surface area contributed by atoms with E-state index in [9.17, 15) is 4.39 Å². The summed E-state index contributed by atoms with van der Waals surface area (Å²) in [7, 11) is 1.47. The highest BCUT2D eigenvalue weighted by Crippen LogP contribution is 2.35. The first kappa shape index (κ1) is 14.1. The summed E-state index contributed by atoms with van der Waals surface area (Å²) < 4.78 is 18.7. The molecule has 0 bridgehead atoms. The summed E-state index contributed by atoms with van der Waals surface area (Å²) in [5.74, 6) is -0.0702. The molecule has 0 fully saturated rings. The van der Waals surface area contributed by atoms with Gasteiger partial charge in [0.15, 0.2) is 11.6 Å². The van der Waals surface area contributed by atoms with Gasteiger partial charge in [0.2, 0.25) is 0 Å². The quantitative estimate of drug-likeness (QED) is 0.727. The molecule has 2 rings (SSSR count). The molecule has 0 saturated carbocycles. The van der Waals surface area contributed by atoms with Gasteiger partial charge in [-0.2, -0.15) is 0 Å². The average Bonchev–Trinajstić information content (AvgIpc) is 2.41. The summed E-state index contributed by atoms with van der Waals surface area (Å²) in [4.78, 5) is -0.0205. The van der Waals surface area contributed by atoms with E-state index in [0.717, 1.165) is 11.1 Å². The lowest BCUT2D eigenvalue weighted by atomic mass is 9.97. The van der Waals surface area contributed by atoms with Crippen molar-refractivity contribution in [3.8, 4) is 5.75 Å². The van der Waals surface area contributed by atoms with Crippen molar-refractivity contribution < 1.29 is 9.13 Å². The molecule has 100 valence electrons. The maximum atomic E-state index is 13.8. The fourth-order valence-corrected chi connectivity index (χ4v) is 2.85. The molecule has 0 heterocycles. The molecule has 0 aromatic heterocycles. The number of hydrogen-bond donors (Lipinski definition) is 0. The van der Waals surface area contributed by atoms with Crippen LogP contribution in [0.2, 0.25) is 0 Å². The van der Waals surface area contributed by atoms with Crippen molar-refractivity contribution in [2.45, 2.75) is 18.7 Å². The smallest absolute Gasteiger partial charge is 0.165 e.